The summed E-state index contributed by atoms with van der Waals surface area (Å²) >= 11 is 0. The van der Waals surface area contributed by atoms with Gasteiger partial charge in [-0.25, -0.2) is 0 Å². The number of nitrogens with one attached hydrogen (secondary N) is 1. The number of nitroso groups, excluding NO2 is 1. The molecule has 5 heteroatoms. The van der Waals surface area contributed by atoms with Crippen LogP contribution in [-0.2, 0) is 4.79 Å². The molecular formula is C11H23N3O2. The van der Waals surface area contributed by atoms with E-state index >= 15 is 0 Å². The fraction of sp³-hybridized carbons (Fsp3) is 0.909. The Morgan fingerprint density at radius 1 is 1.38 bits per heavy atom. The molecule has 0 aliphatic heterocycles. The van der Waals surface area contributed by atoms with Crippen molar-refractivity contribution < 1.29 is 4.79 Å². The van der Waals surface area contributed by atoms with Gasteiger partial charge in [-0.1, -0.05) is 32.4 Å². The van der Waals surface area contributed by atoms with E-state index in [1.54, 1.807) is 0 Å². The minimum Gasteiger partial charge on any atom is -0.351 e. The highest BCUT2D eigenvalue weighted by Crippen LogP contribution is 2.06. The van der Waals surface area contributed by atoms with Crippen molar-refractivity contribution in [2.45, 2.75) is 58.7 Å². The van der Waals surface area contributed by atoms with Gasteiger partial charge in [0.15, 0.2) is 6.04 Å². The molecule has 0 spiro atoms. The van der Waals surface area contributed by atoms with Gasteiger partial charge < -0.3 is 11.1 Å². The number of nitrogens with two attached hydrogens (primary N) is 1. The molecule has 0 aromatic carbocycles. The Morgan fingerprint density at radius 3 is 2.31 bits per heavy atom. The van der Waals surface area contributed by atoms with Crippen LogP contribution in [0, 0.1) is 10.8 Å². The average molecular weight is 229 g/mol. The van der Waals surface area contributed by atoms with Crippen molar-refractivity contribution in [3.05, 3.63) is 4.91 Å². The van der Waals surface area contributed by atoms with Crippen LogP contribution in [-0.4, -0.2) is 24.0 Å². The van der Waals surface area contributed by atoms with E-state index in [0.717, 1.165) is 6.42 Å². The van der Waals surface area contributed by atoms with Crippen molar-refractivity contribution in [3.63, 3.8) is 0 Å². The Kier molecular flexibility index (Phi) is 6.88. The van der Waals surface area contributed by atoms with Crippen LogP contribution in [0.25, 0.3) is 0 Å². The lowest BCUT2D eigenvalue weighted by Crippen LogP contribution is -2.48. The number of nitrogens with zero attached hydrogens (tertiary/aromatic N) is 1. The van der Waals surface area contributed by atoms with Gasteiger partial charge in [-0.2, -0.15) is 0 Å². The van der Waals surface area contributed by atoms with Gasteiger partial charge in [-0.3, -0.25) is 4.79 Å². The zero-order chi connectivity index (χ0) is 12.7. The second-order valence-corrected chi connectivity index (χ2v) is 4.54. The third kappa shape index (κ3) is 4.70. The lowest BCUT2D eigenvalue weighted by molar-refractivity contribution is -0.123. The van der Waals surface area contributed by atoms with E-state index in [0.29, 0.717) is 12.3 Å². The van der Waals surface area contributed by atoms with Gasteiger partial charge in [0.05, 0.1) is 0 Å². The molecule has 94 valence electrons. The molecule has 0 rings (SSSR count). The van der Waals surface area contributed by atoms with Gasteiger partial charge in [0, 0.05) is 12.1 Å². The van der Waals surface area contributed by atoms with Crippen LogP contribution in [0.4, 0.5) is 0 Å². The summed E-state index contributed by atoms with van der Waals surface area (Å²) in [6.07, 6.45) is 1.46. The first-order valence-electron chi connectivity index (χ1n) is 5.82. The maximum absolute atomic E-state index is 11.7. The number of hydrogen-bond acceptors (Lipinski definition) is 4. The van der Waals surface area contributed by atoms with Crippen LogP contribution in [0.15, 0.2) is 5.18 Å². The zero-order valence-electron chi connectivity index (χ0n) is 10.6. The Balaban J connectivity index is 4.36. The molecule has 16 heavy (non-hydrogen) atoms. The largest absolute Gasteiger partial charge is 0.351 e. The first-order valence-corrected chi connectivity index (χ1v) is 5.82. The van der Waals surface area contributed by atoms with E-state index in [1.807, 2.05) is 27.7 Å². The first-order chi connectivity index (χ1) is 7.43. The van der Waals surface area contributed by atoms with Gasteiger partial charge in [-0.05, 0) is 19.3 Å². The summed E-state index contributed by atoms with van der Waals surface area (Å²) in [7, 11) is 0. The summed E-state index contributed by atoms with van der Waals surface area (Å²) in [4.78, 5) is 22.3. The second-order valence-electron chi connectivity index (χ2n) is 4.54. The predicted octanol–water partition coefficient (Wildman–Crippen LogP) is 1.41. The lowest BCUT2D eigenvalue weighted by Gasteiger charge is -2.21. The normalized spacial score (nSPS) is 16.6. The number of rotatable bonds is 7. The number of amides is 1. The Morgan fingerprint density at radius 2 is 1.94 bits per heavy atom. The molecule has 0 fully saturated rings. The summed E-state index contributed by atoms with van der Waals surface area (Å²) in [5, 5.41) is 5.59. The van der Waals surface area contributed by atoms with Crippen molar-refractivity contribution in [2.24, 2.45) is 16.8 Å². The monoisotopic (exact) mass is 229 g/mol. The highest BCUT2D eigenvalue weighted by atomic mass is 16.3. The van der Waals surface area contributed by atoms with Crippen molar-refractivity contribution in [2.75, 3.05) is 0 Å². The van der Waals surface area contributed by atoms with Crippen molar-refractivity contribution >= 4 is 5.91 Å². The molecule has 0 aliphatic carbocycles. The lowest BCUT2D eigenvalue weighted by atomic mass is 10.0. The van der Waals surface area contributed by atoms with Gasteiger partial charge in [0.1, 0.15) is 0 Å². The molecule has 0 saturated heterocycles. The van der Waals surface area contributed by atoms with Crippen LogP contribution >= 0.6 is 0 Å². The van der Waals surface area contributed by atoms with Crippen molar-refractivity contribution in [1.29, 1.82) is 0 Å². The standard InChI is InChI=1S/C11H23N3O2/c1-5-6-9(12)10(14-16)11(15)13-8(4)7(2)3/h7-10H,5-6,12H2,1-4H3,(H,13,15)/t8-,9-,10?/m0/s1. The van der Waals surface area contributed by atoms with Gasteiger partial charge >= 0.3 is 0 Å². The summed E-state index contributed by atoms with van der Waals surface area (Å²) in [6, 6.07) is -1.44. The fourth-order valence-electron chi connectivity index (χ4n) is 1.29. The summed E-state index contributed by atoms with van der Waals surface area (Å²) in [6.45, 7) is 7.85. The Bertz CT molecular complexity index is 231. The summed E-state index contributed by atoms with van der Waals surface area (Å²) in [5.41, 5.74) is 5.74. The van der Waals surface area contributed by atoms with Gasteiger partial charge in [0.2, 0.25) is 5.91 Å². The van der Waals surface area contributed by atoms with E-state index in [9.17, 15) is 9.70 Å². The molecule has 3 atom stereocenters. The molecule has 0 heterocycles. The minimum atomic E-state index is -0.971. The minimum absolute atomic E-state index is 0.0191. The Hall–Kier alpha value is -0.970. The third-order valence-electron chi connectivity index (χ3n) is 2.78. The molecule has 0 aromatic rings. The second kappa shape index (κ2) is 7.33. The van der Waals surface area contributed by atoms with Crippen LogP contribution in [0.3, 0.4) is 0 Å². The summed E-state index contributed by atoms with van der Waals surface area (Å²) < 4.78 is 0. The van der Waals surface area contributed by atoms with E-state index in [4.69, 9.17) is 5.73 Å². The highest BCUT2D eigenvalue weighted by Gasteiger charge is 2.27. The van der Waals surface area contributed by atoms with Crippen LogP contribution in [0.1, 0.15) is 40.5 Å². The van der Waals surface area contributed by atoms with Crippen molar-refractivity contribution in [1.82, 2.24) is 5.32 Å². The molecule has 0 saturated carbocycles. The van der Waals surface area contributed by atoms with Crippen molar-refractivity contribution in [3.8, 4) is 0 Å². The molecule has 0 radical (unpaired) electrons. The number of hydrogen-bond donors (Lipinski definition) is 2. The predicted molar refractivity (Wildman–Crippen MR) is 64.9 cm³/mol. The SMILES string of the molecule is CCC[C@H](N)C(N=O)C(=O)N[C@@H](C)C(C)C. The maximum Gasteiger partial charge on any atom is 0.250 e. The van der Waals surface area contributed by atoms with Crippen LogP contribution in [0.5, 0.6) is 0 Å². The smallest absolute Gasteiger partial charge is 0.250 e. The van der Waals surface area contributed by atoms with E-state index < -0.39 is 12.1 Å². The average Bonchev–Trinajstić information content (AvgIpc) is 2.18. The topological polar surface area (TPSA) is 84.5 Å². The van der Waals surface area contributed by atoms with E-state index in [1.165, 1.54) is 0 Å². The molecule has 0 aliphatic rings. The van der Waals surface area contributed by atoms with E-state index in [2.05, 4.69) is 10.5 Å². The molecule has 1 unspecified atom stereocenters. The maximum atomic E-state index is 11.7. The fourth-order valence-corrected chi connectivity index (χ4v) is 1.29. The molecular weight excluding hydrogens is 206 g/mol. The highest BCUT2D eigenvalue weighted by molar-refractivity contribution is 5.83. The van der Waals surface area contributed by atoms with Gasteiger partial charge in [-0.15, -0.1) is 4.91 Å². The van der Waals surface area contributed by atoms with Gasteiger partial charge in [0.25, 0.3) is 0 Å². The Labute approximate surface area is 97.1 Å². The third-order valence-corrected chi connectivity index (χ3v) is 2.78. The summed E-state index contributed by atoms with van der Waals surface area (Å²) in [5.74, 6) is -0.0456. The molecule has 0 bridgehead atoms. The molecule has 1 amide bonds. The number of carbonyl (C=O) groups excluding carboxylic acids is 1. The quantitative estimate of drug-likeness (QED) is 0.647. The first kappa shape index (κ1) is 15.0. The van der Waals surface area contributed by atoms with E-state index in [-0.39, 0.29) is 11.9 Å². The molecule has 3 N–H and O–H groups in total. The molecule has 5 nitrogen and oxygen atoms in total. The number of carbonyl (C=O) groups is 1. The van der Waals surface area contributed by atoms with Crippen LogP contribution < -0.4 is 11.1 Å². The zero-order valence-corrected chi connectivity index (χ0v) is 10.6. The molecule has 0 aromatic heterocycles. The van der Waals surface area contributed by atoms with Crippen LogP contribution in [0.2, 0.25) is 0 Å².